The fourth-order valence-electron chi connectivity index (χ4n) is 17.8. The Balaban J connectivity index is 0.909. The molecule has 0 unspecified atom stereocenters. The molecule has 0 aromatic carbocycles. The average molecular weight is 2020 g/mol. The molecule has 10 rings (SSSR count). The lowest BCUT2D eigenvalue weighted by Crippen LogP contribution is -2.71. The fraction of sp³-hybridized carbons (Fsp3) is 0.921. The Morgan fingerprint density at radius 3 is 0.891 bits per heavy atom. The number of aliphatic hydroxyl groups excluding tert-OH is 29. The van der Waals surface area contributed by atoms with Gasteiger partial charge in [-0.15, -0.1) is 0 Å². The maximum Gasteiger partial charge on any atom is 0.364 e. The Morgan fingerprint density at radius 1 is 0.312 bits per heavy atom. The molecule has 0 aromatic rings. The van der Waals surface area contributed by atoms with Crippen LogP contribution in [0, 0.1) is 0 Å². The van der Waals surface area contributed by atoms with Crippen molar-refractivity contribution < 1.29 is 282 Å². The smallest absolute Gasteiger partial charge is 0.364 e. The van der Waals surface area contributed by atoms with Crippen LogP contribution in [0.5, 0.6) is 0 Å². The van der Waals surface area contributed by atoms with Gasteiger partial charge in [-0.3, -0.25) is 19.2 Å². The molecule has 0 aromatic heterocycles. The SMILES string of the molecule is CC(=O)N[C@H]1[C@H](O[C@@H]2[C@@H](O)[C@H](O[C@H]3[C@H](O)[C@@H](O)[C@H](O[C@@H]4[C@H](O[C@@H]5O[C@H](CO)[C@@H](O[C@@H]6O[C@H](CO)[C@H](O)[C@H](O[C@]7(C(=O)O)C[C@H](O)[C@@H](NC(C)=O)[C@H]([C@H](O)[C@H](O)CO)O7)[C@H]6O)[C@H](O)[C@H]5NC(C)=O)[C@@H](O)[C@H](OCCN)O[C@@H]4CO)O[C@@H]3CO)O[C@H](CO)[C@@H]2O[C@@H]2O[C@H](CO)[C@@H](O)[C@H](O)[C@H]2O)O[C@H](CO)[C@@H](O[C@@H]2O[C@H](CO)[C@H](O)[C@H](O[C@]3(C(=O)O)C[C@H](O)[C@@H](NC(C)=O)[C@H]([C@H](O)[C@H](O)CO)O3)[C@H]2O)[C@@H]1O. The van der Waals surface area contributed by atoms with E-state index in [1.54, 1.807) is 0 Å². The van der Waals surface area contributed by atoms with Gasteiger partial charge in [-0.05, 0) is 0 Å². The number of carboxylic acids is 2. The summed E-state index contributed by atoms with van der Waals surface area (Å²) in [5.74, 6) is -14.9. The topological polar surface area (TPSA) is 988 Å². The first kappa shape index (κ1) is 115. The van der Waals surface area contributed by atoms with E-state index in [4.69, 9.17) is 100 Å². The number of nitrogens with two attached hydrogens (primary N) is 1. The van der Waals surface area contributed by atoms with Crippen LogP contribution in [-0.4, -0.2) is 591 Å². The van der Waals surface area contributed by atoms with Gasteiger partial charge in [-0.2, -0.15) is 0 Å². The van der Waals surface area contributed by atoms with Gasteiger partial charge in [0.05, 0.1) is 97.0 Å². The molecule has 0 aliphatic carbocycles. The van der Waals surface area contributed by atoms with E-state index >= 15 is 0 Å². The van der Waals surface area contributed by atoms with Crippen LogP contribution in [0.25, 0.3) is 0 Å². The highest BCUT2D eigenvalue weighted by Gasteiger charge is 2.66. The normalized spacial score (nSPS) is 46.2. The second kappa shape index (κ2) is 49.8. The molecule has 10 aliphatic heterocycles. The first-order valence-electron chi connectivity index (χ1n) is 43.6. The number of hydrogen-bond acceptors (Lipinski definition) is 56. The molecule has 4 amide bonds. The van der Waals surface area contributed by atoms with Gasteiger partial charge in [0.25, 0.3) is 11.6 Å². The van der Waals surface area contributed by atoms with Crippen molar-refractivity contribution in [1.82, 2.24) is 21.3 Å². The Morgan fingerprint density at radius 2 is 0.572 bits per heavy atom. The molecule has 52 atom stereocenters. The van der Waals surface area contributed by atoms with Gasteiger partial charge in [-0.25, -0.2) is 9.59 Å². The van der Waals surface area contributed by atoms with E-state index in [1.165, 1.54) is 0 Å². The number of hydrogen-bond donors (Lipinski definition) is 36. The van der Waals surface area contributed by atoms with Crippen molar-refractivity contribution >= 4 is 35.6 Å². The fourth-order valence-corrected chi connectivity index (χ4v) is 17.8. The number of amides is 4. The molecule has 10 saturated heterocycles. The van der Waals surface area contributed by atoms with Crippen LogP contribution in [0.1, 0.15) is 40.5 Å². The summed E-state index contributed by atoms with van der Waals surface area (Å²) in [6, 6.07) is -7.75. The number of rotatable bonds is 41. The summed E-state index contributed by atoms with van der Waals surface area (Å²) in [6.45, 7) is -9.55. The largest absolute Gasteiger partial charge is 0.477 e. The third-order valence-corrected chi connectivity index (χ3v) is 24.8. The number of carboxylic acid groups (broad SMARTS) is 2. The predicted molar refractivity (Wildman–Crippen MR) is 423 cm³/mol. The summed E-state index contributed by atoms with van der Waals surface area (Å²) in [4.78, 5) is 77.6. The Labute approximate surface area is 779 Å². The minimum Gasteiger partial charge on any atom is -0.477 e. The number of nitrogens with one attached hydrogen (secondary N) is 4. The van der Waals surface area contributed by atoms with E-state index in [0.29, 0.717) is 0 Å². The highest BCUT2D eigenvalue weighted by molar-refractivity contribution is 5.78. The van der Waals surface area contributed by atoms with E-state index in [0.717, 1.165) is 27.7 Å². The van der Waals surface area contributed by atoms with E-state index < -0.39 is 439 Å². The first-order chi connectivity index (χ1) is 65.2. The highest BCUT2D eigenvalue weighted by Crippen LogP contribution is 2.45. The number of aliphatic hydroxyl groups is 29. The number of aliphatic carboxylic acids is 2. The van der Waals surface area contributed by atoms with E-state index in [2.05, 4.69) is 21.3 Å². The molecule has 0 bridgehead atoms. The maximum absolute atomic E-state index is 13.3. The molecule has 37 N–H and O–H groups in total. The van der Waals surface area contributed by atoms with Gasteiger partial charge in [0.1, 0.15) is 232 Å². The summed E-state index contributed by atoms with van der Waals surface area (Å²) in [5.41, 5.74) is 5.72. The predicted octanol–water partition coefficient (Wildman–Crippen LogP) is -23.8. The standard InChI is InChI=1S/C76H127N5O57/c1-19(92)78-35-23(96)7-75(73(115)116,135-59(35)39(100)25(98)9-82)137-61-42(103)28(12-85)121-70(50(61)111)128-54-30(14-87)123-65(37(44(54)105)80-21(3)94)133-63-52(113)67(119-6-5-77)125-33(17-90)57(63)132-69-49(110)47(108)56(32(16-89)126-69)130-72-53(114)64(58(34(18-91)127-72)131-68-48(109)46(107)41(102)27(11-84)120-68)134-66-38(81-22(4)95)45(106)55(31(15-88)124-66)129-71-51(112)62(43(104)29(13-86)122-71)138-76(74(117)118)8-24(97)36(79-20(2)93)60(136-76)40(101)26(99)10-83/h23-72,82-91,96-114H,5-18,77H2,1-4H3,(H,78,92)(H,79,93)(H,80,94)(H,81,95)(H,115,116)(H,117,118)/t23-,24-,25+,26+,27+,28+,29+,30+,31+,32+,33+,34+,35+,36+,37+,38+,39+,40+,41+,42-,43-,44+,45+,46-,47+,48+,49+,50+,51+,52+,53+,54+,55+,56+,57-,58-,59+,60+,61-,62-,63+,64+,65-,66-,67+,68-,69-,70-,71-,72-,75-,76-/m0/s1. The third-order valence-electron chi connectivity index (χ3n) is 24.8. The van der Waals surface area contributed by atoms with Gasteiger partial charge in [-0.1, -0.05) is 0 Å². The monoisotopic (exact) mass is 2020 g/mol. The van der Waals surface area contributed by atoms with Crippen LogP contribution in [0.2, 0.25) is 0 Å². The zero-order chi connectivity index (χ0) is 102. The summed E-state index contributed by atoms with van der Waals surface area (Å²) in [5, 5.41) is 357. The molecular weight excluding hydrogens is 1890 g/mol. The van der Waals surface area contributed by atoms with Crippen LogP contribution < -0.4 is 27.0 Å². The Hall–Kier alpha value is -5.18. The highest BCUT2D eigenvalue weighted by atomic mass is 16.8. The van der Waals surface area contributed by atoms with E-state index in [9.17, 15) is 187 Å². The molecule has 798 valence electrons. The van der Waals surface area contributed by atoms with Crippen molar-refractivity contribution in [1.29, 1.82) is 0 Å². The summed E-state index contributed by atoms with van der Waals surface area (Å²) in [7, 11) is 0. The Bertz CT molecular complexity index is 3850. The van der Waals surface area contributed by atoms with Crippen molar-refractivity contribution in [2.75, 3.05) is 79.2 Å². The molecule has 62 nitrogen and oxygen atoms in total. The summed E-state index contributed by atoms with van der Waals surface area (Å²) >= 11 is 0. The van der Waals surface area contributed by atoms with Gasteiger partial charge in [0, 0.05) is 47.1 Å². The lowest BCUT2D eigenvalue weighted by molar-refractivity contribution is -0.407. The molecule has 62 heteroatoms. The average Bonchev–Trinajstić information content (AvgIpc) is 0.750. The lowest BCUT2D eigenvalue weighted by atomic mass is 9.88. The van der Waals surface area contributed by atoms with Crippen LogP contribution in [-0.2, 0) is 124 Å². The molecule has 0 spiro atoms. The van der Waals surface area contributed by atoms with Crippen molar-refractivity contribution in [3.05, 3.63) is 0 Å². The molecule has 138 heavy (non-hydrogen) atoms. The number of carbonyl (C=O) groups excluding carboxylic acids is 4. The zero-order valence-electron chi connectivity index (χ0n) is 73.8. The summed E-state index contributed by atoms with van der Waals surface area (Å²) in [6.07, 6.45) is -106. The van der Waals surface area contributed by atoms with E-state index in [1.807, 2.05) is 0 Å². The van der Waals surface area contributed by atoms with Crippen molar-refractivity contribution in [3.63, 3.8) is 0 Å². The summed E-state index contributed by atoms with van der Waals surface area (Å²) < 4.78 is 118. The lowest BCUT2D eigenvalue weighted by Gasteiger charge is -2.52. The van der Waals surface area contributed by atoms with Crippen LogP contribution >= 0.6 is 0 Å². The van der Waals surface area contributed by atoms with Crippen LogP contribution in [0.3, 0.4) is 0 Å². The minimum atomic E-state index is -3.33. The molecule has 10 fully saturated rings. The molecule has 10 aliphatic rings. The van der Waals surface area contributed by atoms with Gasteiger partial charge in [0.15, 0.2) is 50.3 Å². The number of carbonyl (C=O) groups is 6. The Kier molecular flexibility index (Phi) is 41.4. The van der Waals surface area contributed by atoms with Gasteiger partial charge >= 0.3 is 11.9 Å². The maximum atomic E-state index is 13.3. The van der Waals surface area contributed by atoms with Crippen LogP contribution in [0.4, 0.5) is 0 Å². The van der Waals surface area contributed by atoms with Gasteiger partial charge < -0.3 is 280 Å². The quantitative estimate of drug-likeness (QED) is 0.0270. The van der Waals surface area contributed by atoms with E-state index in [-0.39, 0.29) is 6.54 Å². The van der Waals surface area contributed by atoms with Crippen molar-refractivity contribution in [2.45, 2.75) is 359 Å². The van der Waals surface area contributed by atoms with Crippen molar-refractivity contribution in [3.8, 4) is 0 Å². The number of ether oxygens (including phenoxy) is 20. The second-order valence-corrected chi connectivity index (χ2v) is 34.4. The molecule has 10 heterocycles. The molecular formula is C76H127N5O57. The van der Waals surface area contributed by atoms with Crippen molar-refractivity contribution in [2.24, 2.45) is 5.73 Å². The molecule has 0 radical (unpaired) electrons. The van der Waals surface area contributed by atoms with Gasteiger partial charge in [0.2, 0.25) is 23.6 Å². The second-order valence-electron chi connectivity index (χ2n) is 34.4. The third kappa shape index (κ3) is 25.0. The molecule has 0 saturated carbocycles. The van der Waals surface area contributed by atoms with Crippen LogP contribution in [0.15, 0.2) is 0 Å². The minimum absolute atomic E-state index is 0.279. The zero-order valence-corrected chi connectivity index (χ0v) is 73.8. The first-order valence-corrected chi connectivity index (χ1v) is 43.6.